The first-order valence-corrected chi connectivity index (χ1v) is 5.37. The summed E-state index contributed by atoms with van der Waals surface area (Å²) in [6.45, 7) is 0. The Morgan fingerprint density at radius 3 is 2.79 bits per heavy atom. The maximum atomic E-state index is 10.7. The molecule has 1 aromatic rings. The van der Waals surface area contributed by atoms with E-state index >= 15 is 0 Å². The van der Waals surface area contributed by atoms with Crippen LogP contribution in [0.4, 0.5) is 0 Å². The zero-order valence-corrected chi connectivity index (χ0v) is 9.75. The smallest absolute Gasteiger partial charge is 0.335 e. The largest absolute Gasteiger partial charge is 0.478 e. The Morgan fingerprint density at radius 1 is 1.50 bits per heavy atom. The number of carboxylic acids is 1. The lowest BCUT2D eigenvalue weighted by molar-refractivity contribution is 0.0697. The van der Waals surface area contributed by atoms with Gasteiger partial charge in [-0.3, -0.25) is 0 Å². The van der Waals surface area contributed by atoms with Gasteiger partial charge in [-0.25, -0.2) is 4.79 Å². The molecule has 14 heavy (non-hydrogen) atoms. The number of hydrogen-bond acceptors (Lipinski definition) is 2. The molecule has 0 aliphatic rings. The third kappa shape index (κ3) is 3.20. The summed E-state index contributed by atoms with van der Waals surface area (Å²) in [6.07, 6.45) is 3.70. The summed E-state index contributed by atoms with van der Waals surface area (Å²) in [5.41, 5.74) is 1.13. The summed E-state index contributed by atoms with van der Waals surface area (Å²) in [6, 6.07) is 5.04. The van der Waals surface area contributed by atoms with Gasteiger partial charge in [-0.1, -0.05) is 28.1 Å². The third-order valence-corrected chi connectivity index (χ3v) is 2.25. The predicted molar refractivity (Wildman–Crippen MR) is 64.0 cm³/mol. The van der Waals surface area contributed by atoms with Crippen molar-refractivity contribution in [3.63, 3.8) is 0 Å². The molecule has 0 amide bonds. The van der Waals surface area contributed by atoms with Crippen molar-refractivity contribution in [2.45, 2.75) is 0 Å². The Balaban J connectivity index is 3.07. The van der Waals surface area contributed by atoms with Crippen molar-refractivity contribution in [3.05, 3.63) is 39.9 Å². The number of halogens is 1. The molecular weight excluding hydrogens is 264 g/mol. The maximum absolute atomic E-state index is 10.7. The molecule has 1 aromatic carbocycles. The van der Waals surface area contributed by atoms with Gasteiger partial charge in [0.25, 0.3) is 0 Å². The summed E-state index contributed by atoms with van der Waals surface area (Å²) in [5, 5.41) is 8.80. The predicted octanol–water partition coefficient (Wildman–Crippen LogP) is 3.09. The minimum atomic E-state index is -0.924. The number of carboxylic acid groups (broad SMARTS) is 1. The van der Waals surface area contributed by atoms with E-state index in [1.165, 1.54) is 0 Å². The molecular formula is C10H9BrO2S. The Bertz CT molecular complexity index is 374. The summed E-state index contributed by atoms with van der Waals surface area (Å²) in [4.78, 5) is 10.7. The van der Waals surface area contributed by atoms with Crippen LogP contribution in [0.15, 0.2) is 28.7 Å². The number of hydrogen-bond donors (Lipinski definition) is 2. The van der Waals surface area contributed by atoms with Crippen LogP contribution >= 0.6 is 28.6 Å². The minimum Gasteiger partial charge on any atom is -0.478 e. The Kier molecular flexibility index (Phi) is 4.22. The van der Waals surface area contributed by atoms with Crippen molar-refractivity contribution in [3.8, 4) is 0 Å². The van der Waals surface area contributed by atoms with Gasteiger partial charge in [-0.05, 0) is 23.8 Å². The molecule has 0 saturated carbocycles. The molecule has 0 aliphatic carbocycles. The van der Waals surface area contributed by atoms with E-state index in [1.807, 2.05) is 18.2 Å². The van der Waals surface area contributed by atoms with Gasteiger partial charge in [-0.15, -0.1) is 0 Å². The highest BCUT2D eigenvalue weighted by molar-refractivity contribution is 9.10. The average Bonchev–Trinajstić information content (AvgIpc) is 2.14. The highest BCUT2D eigenvalue weighted by Crippen LogP contribution is 2.17. The van der Waals surface area contributed by atoms with E-state index < -0.39 is 5.97 Å². The maximum Gasteiger partial charge on any atom is 0.335 e. The number of benzene rings is 1. The van der Waals surface area contributed by atoms with Crippen LogP contribution in [0.2, 0.25) is 0 Å². The van der Waals surface area contributed by atoms with Crippen LogP contribution in [0.3, 0.4) is 0 Å². The van der Waals surface area contributed by atoms with Gasteiger partial charge in [0.05, 0.1) is 5.56 Å². The van der Waals surface area contributed by atoms with E-state index in [4.69, 9.17) is 5.11 Å². The monoisotopic (exact) mass is 272 g/mol. The van der Waals surface area contributed by atoms with Gasteiger partial charge in [-0.2, -0.15) is 12.6 Å². The quantitative estimate of drug-likeness (QED) is 0.830. The van der Waals surface area contributed by atoms with Gasteiger partial charge in [0.15, 0.2) is 0 Å². The molecule has 1 N–H and O–H groups in total. The molecule has 74 valence electrons. The van der Waals surface area contributed by atoms with Crippen molar-refractivity contribution in [2.24, 2.45) is 0 Å². The lowest BCUT2D eigenvalue weighted by Gasteiger charge is -1.99. The second kappa shape index (κ2) is 5.22. The minimum absolute atomic E-state index is 0.276. The SMILES string of the molecule is O=C(O)c1cc(Br)cc(C=CCS)c1. The summed E-state index contributed by atoms with van der Waals surface area (Å²) >= 11 is 7.29. The lowest BCUT2D eigenvalue weighted by atomic mass is 10.1. The lowest BCUT2D eigenvalue weighted by Crippen LogP contribution is -1.96. The van der Waals surface area contributed by atoms with Crippen LogP contribution < -0.4 is 0 Å². The van der Waals surface area contributed by atoms with Crippen LogP contribution in [0, 0.1) is 0 Å². The second-order valence-electron chi connectivity index (χ2n) is 2.66. The summed E-state index contributed by atoms with van der Waals surface area (Å²) in [7, 11) is 0. The summed E-state index contributed by atoms with van der Waals surface area (Å²) < 4.78 is 0.760. The molecule has 0 atom stereocenters. The van der Waals surface area contributed by atoms with E-state index in [0.29, 0.717) is 5.75 Å². The van der Waals surface area contributed by atoms with Crippen LogP contribution in [0.1, 0.15) is 15.9 Å². The van der Waals surface area contributed by atoms with Crippen LogP contribution in [-0.4, -0.2) is 16.8 Å². The van der Waals surface area contributed by atoms with Gasteiger partial charge in [0, 0.05) is 10.2 Å². The zero-order valence-electron chi connectivity index (χ0n) is 7.27. The van der Waals surface area contributed by atoms with Crippen molar-refractivity contribution in [1.82, 2.24) is 0 Å². The Labute approximate surface area is 96.2 Å². The molecule has 0 radical (unpaired) electrons. The van der Waals surface area contributed by atoms with E-state index in [9.17, 15) is 4.79 Å². The molecule has 0 aliphatic heterocycles. The standard InChI is InChI=1S/C10H9BrO2S/c11-9-5-7(2-1-3-14)4-8(6-9)10(12)13/h1-2,4-6,14H,3H2,(H,12,13). The Hall–Kier alpha value is -0.740. The van der Waals surface area contributed by atoms with Crippen molar-refractivity contribution in [1.29, 1.82) is 0 Å². The fourth-order valence-corrected chi connectivity index (χ4v) is 1.64. The first-order valence-electron chi connectivity index (χ1n) is 3.95. The van der Waals surface area contributed by atoms with Gasteiger partial charge in [0.2, 0.25) is 0 Å². The van der Waals surface area contributed by atoms with Crippen LogP contribution in [0.5, 0.6) is 0 Å². The molecule has 0 unspecified atom stereocenters. The van der Waals surface area contributed by atoms with Crippen LogP contribution in [-0.2, 0) is 0 Å². The molecule has 0 fully saturated rings. The van der Waals surface area contributed by atoms with E-state index in [1.54, 1.807) is 12.1 Å². The molecule has 0 spiro atoms. The first-order chi connectivity index (χ1) is 6.63. The number of thiol groups is 1. The molecule has 1 rings (SSSR count). The Morgan fingerprint density at radius 2 is 2.21 bits per heavy atom. The molecule has 0 bridgehead atoms. The topological polar surface area (TPSA) is 37.3 Å². The molecule has 2 nitrogen and oxygen atoms in total. The normalized spacial score (nSPS) is 10.7. The van der Waals surface area contributed by atoms with E-state index in [-0.39, 0.29) is 5.56 Å². The van der Waals surface area contributed by atoms with Crippen LogP contribution in [0.25, 0.3) is 6.08 Å². The highest BCUT2D eigenvalue weighted by Gasteiger charge is 2.04. The molecule has 0 heterocycles. The number of rotatable bonds is 3. The van der Waals surface area contributed by atoms with Crippen molar-refractivity contribution in [2.75, 3.05) is 5.75 Å². The average molecular weight is 273 g/mol. The fourth-order valence-electron chi connectivity index (χ4n) is 1.02. The van der Waals surface area contributed by atoms with Gasteiger partial charge < -0.3 is 5.11 Å². The van der Waals surface area contributed by atoms with E-state index in [2.05, 4.69) is 28.6 Å². The van der Waals surface area contributed by atoms with Gasteiger partial charge in [0.1, 0.15) is 0 Å². The molecule has 0 aromatic heterocycles. The zero-order chi connectivity index (χ0) is 10.6. The number of carbonyl (C=O) groups is 1. The van der Waals surface area contributed by atoms with Crippen molar-refractivity contribution < 1.29 is 9.90 Å². The molecule has 4 heteroatoms. The summed E-state index contributed by atoms with van der Waals surface area (Å²) in [5.74, 6) is -0.290. The fraction of sp³-hybridized carbons (Fsp3) is 0.100. The first kappa shape index (κ1) is 11.3. The van der Waals surface area contributed by atoms with Gasteiger partial charge >= 0.3 is 5.97 Å². The molecule has 0 saturated heterocycles. The highest BCUT2D eigenvalue weighted by atomic mass is 79.9. The van der Waals surface area contributed by atoms with E-state index in [0.717, 1.165) is 10.0 Å². The third-order valence-electron chi connectivity index (χ3n) is 1.58. The number of aromatic carboxylic acids is 1. The van der Waals surface area contributed by atoms with Crippen molar-refractivity contribution >= 4 is 40.6 Å². The second-order valence-corrected chi connectivity index (χ2v) is 3.94.